The van der Waals surface area contributed by atoms with E-state index >= 15 is 0 Å². The zero-order chi connectivity index (χ0) is 22.1. The molecule has 0 saturated carbocycles. The van der Waals surface area contributed by atoms with Gasteiger partial charge in [-0.05, 0) is 42.0 Å². The Balaban J connectivity index is 1.77. The Morgan fingerprint density at radius 2 is 1.70 bits per heavy atom. The molecule has 162 valence electrons. The highest BCUT2D eigenvalue weighted by molar-refractivity contribution is 7.94. The van der Waals surface area contributed by atoms with E-state index in [9.17, 15) is 21.6 Å². The molecule has 1 aliphatic heterocycles. The van der Waals surface area contributed by atoms with Crippen LogP contribution in [0.1, 0.15) is 12.5 Å². The molecule has 1 unspecified atom stereocenters. The molecular weight excluding hydrogens is 432 g/mol. The van der Waals surface area contributed by atoms with Gasteiger partial charge in [-0.2, -0.15) is 0 Å². The Morgan fingerprint density at radius 3 is 2.23 bits per heavy atom. The average molecular weight is 455 g/mol. The van der Waals surface area contributed by atoms with Crippen molar-refractivity contribution in [3.05, 3.63) is 48.0 Å². The maximum absolute atomic E-state index is 12.6. The third kappa shape index (κ3) is 4.27. The molecule has 0 aromatic heterocycles. The lowest BCUT2D eigenvalue weighted by atomic mass is 10.2. The third-order valence-corrected chi connectivity index (χ3v) is 7.94. The van der Waals surface area contributed by atoms with E-state index in [-0.39, 0.29) is 22.9 Å². The Morgan fingerprint density at radius 1 is 1.07 bits per heavy atom. The van der Waals surface area contributed by atoms with E-state index in [2.05, 4.69) is 4.72 Å². The number of nitrogens with zero attached hydrogens (tertiary/aromatic N) is 1. The molecule has 11 heteroatoms. The number of sulfonamides is 2. The van der Waals surface area contributed by atoms with Gasteiger partial charge in [-0.15, -0.1) is 0 Å². The van der Waals surface area contributed by atoms with Crippen LogP contribution in [0.4, 0.5) is 5.69 Å². The molecule has 0 bridgehead atoms. The second kappa shape index (κ2) is 8.25. The summed E-state index contributed by atoms with van der Waals surface area (Å²) >= 11 is 0. The fraction of sp³-hybridized carbons (Fsp3) is 0.316. The highest BCUT2D eigenvalue weighted by Gasteiger charge is 2.41. The Kier molecular flexibility index (Phi) is 6.06. The summed E-state index contributed by atoms with van der Waals surface area (Å²) in [6.45, 7) is 1.55. The number of carbonyl (C=O) groups excluding carboxylic acids is 1. The molecule has 0 aliphatic carbocycles. The fourth-order valence-corrected chi connectivity index (χ4v) is 5.94. The highest BCUT2D eigenvalue weighted by atomic mass is 32.2. The minimum Gasteiger partial charge on any atom is -0.493 e. The molecule has 0 radical (unpaired) electrons. The van der Waals surface area contributed by atoms with Crippen LogP contribution in [0.5, 0.6) is 11.5 Å². The zero-order valence-corrected chi connectivity index (χ0v) is 18.3. The van der Waals surface area contributed by atoms with Crippen molar-refractivity contribution in [2.75, 3.05) is 24.3 Å². The van der Waals surface area contributed by atoms with Gasteiger partial charge in [-0.25, -0.2) is 25.9 Å². The van der Waals surface area contributed by atoms with Crippen LogP contribution in [0.2, 0.25) is 0 Å². The van der Waals surface area contributed by atoms with Crippen LogP contribution in [-0.4, -0.2) is 42.7 Å². The number of ether oxygens (including phenoxy) is 2. The summed E-state index contributed by atoms with van der Waals surface area (Å²) in [5.74, 6) is -0.429. The van der Waals surface area contributed by atoms with Crippen LogP contribution in [0, 0.1) is 5.92 Å². The molecule has 2 aromatic rings. The first-order valence-electron chi connectivity index (χ1n) is 8.96. The van der Waals surface area contributed by atoms with Crippen molar-refractivity contribution in [3.63, 3.8) is 0 Å². The van der Waals surface area contributed by atoms with E-state index in [0.717, 1.165) is 4.31 Å². The molecule has 1 fully saturated rings. The first-order chi connectivity index (χ1) is 14.1. The lowest BCUT2D eigenvalue weighted by Gasteiger charge is -2.16. The van der Waals surface area contributed by atoms with Gasteiger partial charge >= 0.3 is 0 Å². The first kappa shape index (κ1) is 22.1. The summed E-state index contributed by atoms with van der Waals surface area (Å²) in [6.07, 6.45) is 0. The van der Waals surface area contributed by atoms with Gasteiger partial charge in [-0.3, -0.25) is 4.79 Å². The summed E-state index contributed by atoms with van der Waals surface area (Å²) in [6, 6.07) is 10.2. The Bertz CT molecular complexity index is 1160. The predicted octanol–water partition coefficient (Wildman–Crippen LogP) is 1.49. The van der Waals surface area contributed by atoms with Gasteiger partial charge in [0.05, 0.1) is 36.5 Å². The Labute approximate surface area is 175 Å². The van der Waals surface area contributed by atoms with Gasteiger partial charge in [0.25, 0.3) is 0 Å². The third-order valence-electron chi connectivity index (χ3n) is 4.66. The predicted molar refractivity (Wildman–Crippen MR) is 110 cm³/mol. The van der Waals surface area contributed by atoms with Crippen molar-refractivity contribution < 1.29 is 31.1 Å². The van der Waals surface area contributed by atoms with Gasteiger partial charge in [0.15, 0.2) is 11.5 Å². The zero-order valence-electron chi connectivity index (χ0n) is 16.7. The van der Waals surface area contributed by atoms with Gasteiger partial charge in [0, 0.05) is 6.54 Å². The second-order valence-electron chi connectivity index (χ2n) is 6.79. The molecule has 1 atom stereocenters. The normalized spacial score (nSPS) is 18.4. The molecule has 3 rings (SSSR count). The van der Waals surface area contributed by atoms with Crippen LogP contribution in [0.15, 0.2) is 47.4 Å². The largest absolute Gasteiger partial charge is 0.493 e. The molecule has 1 amide bonds. The summed E-state index contributed by atoms with van der Waals surface area (Å²) < 4.78 is 63.1. The fourth-order valence-electron chi connectivity index (χ4n) is 3.10. The molecule has 1 heterocycles. The van der Waals surface area contributed by atoms with E-state index < -0.39 is 31.9 Å². The lowest BCUT2D eigenvalue weighted by molar-refractivity contribution is -0.119. The summed E-state index contributed by atoms with van der Waals surface area (Å²) in [5, 5.41) is 0. The number of amides is 1. The molecule has 0 spiro atoms. The summed E-state index contributed by atoms with van der Waals surface area (Å²) in [4.78, 5) is 12.1. The van der Waals surface area contributed by atoms with Crippen molar-refractivity contribution >= 4 is 31.6 Å². The van der Waals surface area contributed by atoms with Crippen LogP contribution in [0.25, 0.3) is 0 Å². The number of anilines is 1. The standard InChI is InChI=1S/C19H22N2O7S2/c1-13-12-29(23,24)21(19(13)22)15-5-7-16(8-6-15)30(25,26)20-11-14-4-9-17(27-2)18(10-14)28-3/h4-10,13,20H,11-12H2,1-3H3. The SMILES string of the molecule is COc1ccc(CNS(=O)(=O)c2ccc(N3C(=O)C(C)CS3(=O)=O)cc2)cc1OC. The van der Waals surface area contributed by atoms with Crippen LogP contribution >= 0.6 is 0 Å². The quantitative estimate of drug-likeness (QED) is 0.673. The van der Waals surface area contributed by atoms with Gasteiger partial charge in [0.1, 0.15) is 0 Å². The monoisotopic (exact) mass is 454 g/mol. The summed E-state index contributed by atoms with van der Waals surface area (Å²) in [5.41, 5.74) is 0.777. The van der Waals surface area contributed by atoms with Gasteiger partial charge in [-0.1, -0.05) is 13.0 Å². The maximum Gasteiger partial charge on any atom is 0.244 e. The minimum atomic E-state index is -3.86. The van der Waals surface area contributed by atoms with Crippen LogP contribution in [-0.2, 0) is 31.4 Å². The molecule has 1 N–H and O–H groups in total. The van der Waals surface area contributed by atoms with E-state index in [1.54, 1.807) is 18.2 Å². The van der Waals surface area contributed by atoms with Gasteiger partial charge in [0.2, 0.25) is 26.0 Å². The number of hydrogen-bond donors (Lipinski definition) is 1. The Hall–Kier alpha value is -2.63. The second-order valence-corrected chi connectivity index (χ2v) is 10.4. The first-order valence-corrected chi connectivity index (χ1v) is 12.1. The number of rotatable bonds is 7. The van der Waals surface area contributed by atoms with E-state index in [0.29, 0.717) is 17.1 Å². The molecule has 1 aliphatic rings. The number of hydrogen-bond acceptors (Lipinski definition) is 7. The van der Waals surface area contributed by atoms with Gasteiger partial charge < -0.3 is 9.47 Å². The average Bonchev–Trinajstić information content (AvgIpc) is 2.92. The molecule has 30 heavy (non-hydrogen) atoms. The van der Waals surface area contributed by atoms with Crippen LogP contribution in [0.3, 0.4) is 0 Å². The van der Waals surface area contributed by atoms with E-state index in [1.165, 1.54) is 45.4 Å². The smallest absolute Gasteiger partial charge is 0.244 e. The molecular formula is C19H22N2O7S2. The molecule has 2 aromatic carbocycles. The van der Waals surface area contributed by atoms with Crippen molar-refractivity contribution in [1.29, 1.82) is 0 Å². The van der Waals surface area contributed by atoms with Crippen molar-refractivity contribution in [2.24, 2.45) is 5.92 Å². The maximum atomic E-state index is 12.6. The van der Waals surface area contributed by atoms with Crippen LogP contribution < -0.4 is 18.5 Å². The number of methoxy groups -OCH3 is 2. The highest BCUT2D eigenvalue weighted by Crippen LogP contribution is 2.29. The number of carbonyl (C=O) groups is 1. The summed E-state index contributed by atoms with van der Waals surface area (Å²) in [7, 11) is -4.62. The number of benzene rings is 2. The number of nitrogens with one attached hydrogen (secondary N) is 1. The van der Waals surface area contributed by atoms with Crippen molar-refractivity contribution in [2.45, 2.75) is 18.4 Å². The molecule has 1 saturated heterocycles. The minimum absolute atomic E-state index is 0.0148. The topological polar surface area (TPSA) is 119 Å². The van der Waals surface area contributed by atoms with Crippen molar-refractivity contribution in [3.8, 4) is 11.5 Å². The van der Waals surface area contributed by atoms with E-state index in [1.807, 2.05) is 0 Å². The molecule has 9 nitrogen and oxygen atoms in total. The lowest BCUT2D eigenvalue weighted by Crippen LogP contribution is -2.30. The van der Waals surface area contributed by atoms with Crippen molar-refractivity contribution in [1.82, 2.24) is 4.72 Å². The van der Waals surface area contributed by atoms with E-state index in [4.69, 9.17) is 9.47 Å².